The molecule has 6 nitrogen and oxygen atoms in total. The van der Waals surface area contributed by atoms with Gasteiger partial charge in [-0.2, -0.15) is 5.26 Å². The molecule has 1 aliphatic heterocycles. The van der Waals surface area contributed by atoms with Gasteiger partial charge in [0.2, 0.25) is 5.88 Å². The highest BCUT2D eigenvalue weighted by Gasteiger charge is 2.23. The lowest BCUT2D eigenvalue weighted by Crippen LogP contribution is -2.16. The Balaban J connectivity index is 1.86. The van der Waals surface area contributed by atoms with Gasteiger partial charge in [-0.1, -0.05) is 17.7 Å². The zero-order valence-electron chi connectivity index (χ0n) is 14.2. The molecule has 0 amide bonds. The number of aromatic nitrogens is 2. The van der Waals surface area contributed by atoms with Gasteiger partial charge in [0.1, 0.15) is 28.8 Å². The molecule has 2 heterocycles. The van der Waals surface area contributed by atoms with Crippen molar-refractivity contribution in [3.05, 3.63) is 74.0 Å². The average molecular weight is 417 g/mol. The van der Waals surface area contributed by atoms with Crippen molar-refractivity contribution in [3.8, 4) is 17.6 Å². The predicted octanol–water partition coefficient (Wildman–Crippen LogP) is 4.07. The summed E-state index contributed by atoms with van der Waals surface area (Å²) in [6, 6.07) is 5.94. The zero-order valence-corrected chi connectivity index (χ0v) is 14.9. The van der Waals surface area contributed by atoms with Gasteiger partial charge in [-0.15, -0.1) is 0 Å². The minimum absolute atomic E-state index is 0.00765. The van der Waals surface area contributed by atoms with Crippen molar-refractivity contribution in [1.29, 1.82) is 5.26 Å². The van der Waals surface area contributed by atoms with Crippen LogP contribution in [0.5, 0.6) is 5.88 Å². The number of benzene rings is 2. The fourth-order valence-corrected chi connectivity index (χ4v) is 3.11. The quantitative estimate of drug-likeness (QED) is 0.659. The second-order valence-corrected chi connectivity index (χ2v) is 6.39. The molecule has 0 fully saturated rings. The van der Waals surface area contributed by atoms with Crippen LogP contribution >= 0.6 is 11.6 Å². The maximum atomic E-state index is 14.4. The van der Waals surface area contributed by atoms with E-state index in [9.17, 15) is 23.1 Å². The van der Waals surface area contributed by atoms with Crippen molar-refractivity contribution < 1.29 is 18.3 Å². The number of H-pyrrole nitrogens is 1. The topological polar surface area (TPSA) is 94.2 Å². The highest BCUT2D eigenvalue weighted by molar-refractivity contribution is 6.31. The van der Waals surface area contributed by atoms with E-state index in [4.69, 9.17) is 16.9 Å². The first kappa shape index (κ1) is 18.6. The number of rotatable bonds is 2. The van der Waals surface area contributed by atoms with Crippen molar-refractivity contribution in [1.82, 2.24) is 9.55 Å². The molecule has 0 radical (unpaired) electrons. The molecule has 3 aromatic rings. The van der Waals surface area contributed by atoms with Crippen molar-refractivity contribution in [2.75, 3.05) is 0 Å². The van der Waals surface area contributed by atoms with Crippen LogP contribution in [0, 0.1) is 28.8 Å². The van der Waals surface area contributed by atoms with E-state index < -0.39 is 40.3 Å². The summed E-state index contributed by atoms with van der Waals surface area (Å²) in [7, 11) is 0. The fraction of sp³-hybridized carbons (Fsp3) is 0. The highest BCUT2D eigenvalue weighted by Crippen LogP contribution is 2.38. The third kappa shape index (κ3) is 2.81. The Hall–Kier alpha value is -3.77. The molecule has 1 aliphatic rings. The Morgan fingerprint density at radius 1 is 1.21 bits per heavy atom. The number of nitrogens with zero attached hydrogens (tertiary/aromatic N) is 3. The molecule has 0 aliphatic carbocycles. The van der Waals surface area contributed by atoms with Crippen molar-refractivity contribution in [3.63, 3.8) is 0 Å². The first-order valence-corrected chi connectivity index (χ1v) is 8.38. The Morgan fingerprint density at radius 3 is 2.69 bits per heavy atom. The van der Waals surface area contributed by atoms with Crippen LogP contribution in [-0.4, -0.2) is 20.9 Å². The van der Waals surface area contributed by atoms with Crippen LogP contribution < -0.4 is 5.69 Å². The minimum atomic E-state index is -1.30. The van der Waals surface area contributed by atoms with Gasteiger partial charge in [0.15, 0.2) is 11.6 Å². The van der Waals surface area contributed by atoms with E-state index in [2.05, 4.69) is 9.98 Å². The maximum absolute atomic E-state index is 14.4. The summed E-state index contributed by atoms with van der Waals surface area (Å²) in [5.41, 5.74) is -1.71. The van der Waals surface area contributed by atoms with Crippen LogP contribution in [0.15, 0.2) is 34.1 Å². The number of imidazole rings is 1. The summed E-state index contributed by atoms with van der Waals surface area (Å²) in [5, 5.41) is 19.2. The number of hydrogen-bond acceptors (Lipinski definition) is 4. The van der Waals surface area contributed by atoms with Crippen LogP contribution in [0.3, 0.4) is 0 Å². The molecule has 10 heteroatoms. The number of allylic oxidation sites excluding steroid dienone is 1. The zero-order chi connectivity index (χ0) is 20.9. The number of aromatic hydroxyl groups is 1. The first-order chi connectivity index (χ1) is 13.8. The van der Waals surface area contributed by atoms with E-state index in [1.165, 1.54) is 30.5 Å². The summed E-state index contributed by atoms with van der Waals surface area (Å²) in [6.07, 6.45) is 2.62. The van der Waals surface area contributed by atoms with Crippen molar-refractivity contribution >= 4 is 35.2 Å². The lowest BCUT2D eigenvalue weighted by Gasteiger charge is -2.06. The predicted molar refractivity (Wildman–Crippen MR) is 100 cm³/mol. The third-order valence-electron chi connectivity index (χ3n) is 4.33. The van der Waals surface area contributed by atoms with Gasteiger partial charge in [-0.05, 0) is 24.3 Å². The van der Waals surface area contributed by atoms with Crippen LogP contribution in [0.4, 0.5) is 18.9 Å². The van der Waals surface area contributed by atoms with Gasteiger partial charge < -0.3 is 10.1 Å². The summed E-state index contributed by atoms with van der Waals surface area (Å²) in [4.78, 5) is 18.5. The van der Waals surface area contributed by atoms with Crippen molar-refractivity contribution in [2.24, 2.45) is 4.99 Å². The fourth-order valence-electron chi connectivity index (χ4n) is 2.96. The molecule has 0 saturated carbocycles. The molecule has 29 heavy (non-hydrogen) atoms. The number of halogens is 4. The highest BCUT2D eigenvalue weighted by atomic mass is 35.5. The van der Waals surface area contributed by atoms with E-state index in [0.717, 1.165) is 12.1 Å². The van der Waals surface area contributed by atoms with E-state index in [0.29, 0.717) is 15.7 Å². The van der Waals surface area contributed by atoms with Gasteiger partial charge in [0, 0.05) is 17.4 Å². The SMILES string of the molecule is N#Cc1c(F)ccc(-n2c(O)c(C=C3C=Nc4c3ccc(Cl)c4F)[nH]c2=O)c1F. The molecule has 2 N–H and O–H groups in total. The average Bonchev–Trinajstić information content (AvgIpc) is 3.21. The molecular weight excluding hydrogens is 409 g/mol. The maximum Gasteiger partial charge on any atom is 0.333 e. The number of nitriles is 1. The largest absolute Gasteiger partial charge is 0.493 e. The molecule has 0 atom stereocenters. The monoisotopic (exact) mass is 416 g/mol. The van der Waals surface area contributed by atoms with Crippen molar-refractivity contribution in [2.45, 2.75) is 0 Å². The number of aromatic amines is 1. The number of hydrogen-bond donors (Lipinski definition) is 2. The lowest BCUT2D eigenvalue weighted by atomic mass is 10.1. The molecule has 144 valence electrons. The Kier molecular flexibility index (Phi) is 4.28. The summed E-state index contributed by atoms with van der Waals surface area (Å²) in [6.45, 7) is 0. The van der Waals surface area contributed by atoms with Crippen LogP contribution in [-0.2, 0) is 0 Å². The van der Waals surface area contributed by atoms with Gasteiger partial charge in [-0.25, -0.2) is 22.5 Å². The Labute approximate surface area is 165 Å². The number of nitrogens with one attached hydrogen (secondary N) is 1. The Morgan fingerprint density at radius 2 is 1.97 bits per heavy atom. The lowest BCUT2D eigenvalue weighted by molar-refractivity contribution is 0.436. The summed E-state index contributed by atoms with van der Waals surface area (Å²) >= 11 is 5.72. The van der Waals surface area contributed by atoms with Crippen LogP contribution in [0.1, 0.15) is 16.8 Å². The minimum Gasteiger partial charge on any atom is -0.493 e. The number of aliphatic imine (C=N–C) groups is 1. The summed E-state index contributed by atoms with van der Waals surface area (Å²) in [5.74, 6) is -3.80. The normalized spacial score (nSPS) is 13.7. The van der Waals surface area contributed by atoms with E-state index in [1.54, 1.807) is 0 Å². The van der Waals surface area contributed by atoms with Crippen LogP contribution in [0.2, 0.25) is 5.02 Å². The van der Waals surface area contributed by atoms with E-state index >= 15 is 0 Å². The van der Waals surface area contributed by atoms with E-state index in [-0.39, 0.29) is 16.4 Å². The first-order valence-electron chi connectivity index (χ1n) is 8.00. The van der Waals surface area contributed by atoms with E-state index in [1.807, 2.05) is 0 Å². The second-order valence-electron chi connectivity index (χ2n) is 5.99. The van der Waals surface area contributed by atoms with Gasteiger partial charge in [0.25, 0.3) is 0 Å². The smallest absolute Gasteiger partial charge is 0.333 e. The standard InChI is InChI=1S/C19H8ClF3N4O2/c20-11-2-1-9-8(7-25-17(9)16(11)23)5-13-18(28)27(19(29)26-13)14-4-3-12(21)10(6-24)15(14)22/h1-5,7,28H,(H,26,29). The Bertz CT molecular complexity index is 1350. The molecular formula is C19H8ClF3N4O2. The molecule has 0 unspecified atom stereocenters. The van der Waals surface area contributed by atoms with Crippen LogP contribution in [0.25, 0.3) is 17.3 Å². The van der Waals surface area contributed by atoms with Gasteiger partial charge in [-0.3, -0.25) is 4.99 Å². The number of fused-ring (bicyclic) bond motifs is 1. The second kappa shape index (κ2) is 6.68. The third-order valence-corrected chi connectivity index (χ3v) is 4.63. The van der Waals surface area contributed by atoms with Gasteiger partial charge in [0.05, 0.1) is 10.7 Å². The molecule has 1 aromatic heterocycles. The molecule has 0 saturated heterocycles. The molecule has 0 bridgehead atoms. The van der Waals surface area contributed by atoms with Gasteiger partial charge >= 0.3 is 5.69 Å². The molecule has 0 spiro atoms. The summed E-state index contributed by atoms with van der Waals surface area (Å²) < 4.78 is 42.6. The molecule has 2 aromatic carbocycles. The molecule has 4 rings (SSSR count).